The number of nitrogens with two attached hydrogens (primary N) is 1. The van der Waals surface area contributed by atoms with Gasteiger partial charge in [0.25, 0.3) is 0 Å². The minimum absolute atomic E-state index is 0.0641. The number of carbonyl (C=O) groups excluding carboxylic acids is 2. The number of primary amides is 1. The number of hydrogen-bond donors (Lipinski definition) is 3. The monoisotopic (exact) mass is 289 g/mol. The molecule has 4 N–H and O–H groups in total. The Morgan fingerprint density at radius 1 is 1.32 bits per heavy atom. The molecule has 0 radical (unpaired) electrons. The van der Waals surface area contributed by atoms with Gasteiger partial charge in [-0.3, -0.25) is 9.59 Å². The van der Waals surface area contributed by atoms with Crippen LogP contribution in [0.1, 0.15) is 40.0 Å². The van der Waals surface area contributed by atoms with Crippen molar-refractivity contribution < 1.29 is 9.59 Å². The first-order valence-corrected chi connectivity index (χ1v) is 8.01. The van der Waals surface area contributed by atoms with Crippen LogP contribution < -0.4 is 16.4 Å². The van der Waals surface area contributed by atoms with Crippen molar-refractivity contribution in [3.63, 3.8) is 0 Å². The fourth-order valence-electron chi connectivity index (χ4n) is 1.64. The molecule has 5 nitrogen and oxygen atoms in total. The topological polar surface area (TPSA) is 84.2 Å². The zero-order valence-corrected chi connectivity index (χ0v) is 13.1. The lowest BCUT2D eigenvalue weighted by Crippen LogP contribution is -2.53. The number of rotatable bonds is 11. The maximum Gasteiger partial charge on any atom is 0.237 e. The molecular formula is C13H27N3O2S. The van der Waals surface area contributed by atoms with Crippen LogP contribution in [0, 0.1) is 0 Å². The lowest BCUT2D eigenvalue weighted by atomic mass is 9.95. The summed E-state index contributed by atoms with van der Waals surface area (Å²) in [6.07, 6.45) is 2.53. The Bertz CT molecular complexity index is 287. The second-order valence-corrected chi connectivity index (χ2v) is 5.84. The molecule has 1 atom stereocenters. The highest BCUT2D eigenvalue weighted by Gasteiger charge is 2.29. The molecule has 0 saturated heterocycles. The third kappa shape index (κ3) is 8.10. The summed E-state index contributed by atoms with van der Waals surface area (Å²) in [5.41, 5.74) is 4.81. The molecule has 0 aliphatic carbocycles. The Morgan fingerprint density at radius 2 is 2.00 bits per heavy atom. The van der Waals surface area contributed by atoms with Crippen LogP contribution in [0.15, 0.2) is 0 Å². The number of thioether (sulfide) groups is 1. The van der Waals surface area contributed by atoms with Crippen molar-refractivity contribution in [1.82, 2.24) is 10.6 Å². The first kappa shape index (κ1) is 18.2. The summed E-state index contributed by atoms with van der Waals surface area (Å²) in [6.45, 7) is 7.25. The van der Waals surface area contributed by atoms with Gasteiger partial charge in [-0.15, -0.1) is 0 Å². The standard InChI is InChI=1S/C13H27N3O2S/c1-4-8-16-13(3,12(14)18)7-6-9-19-10-11(17)15-5-2/h16H,4-10H2,1-3H3,(H2,14,18)(H,15,17). The summed E-state index contributed by atoms with van der Waals surface area (Å²) >= 11 is 1.59. The molecule has 0 aliphatic rings. The molecular weight excluding hydrogens is 262 g/mol. The van der Waals surface area contributed by atoms with E-state index in [0.29, 0.717) is 18.7 Å². The molecule has 1 unspecified atom stereocenters. The molecule has 0 rings (SSSR count). The van der Waals surface area contributed by atoms with Crippen LogP contribution in [0.4, 0.5) is 0 Å². The van der Waals surface area contributed by atoms with E-state index in [4.69, 9.17) is 5.73 Å². The smallest absolute Gasteiger partial charge is 0.237 e. The molecule has 0 fully saturated rings. The van der Waals surface area contributed by atoms with E-state index in [0.717, 1.165) is 25.1 Å². The van der Waals surface area contributed by atoms with Gasteiger partial charge in [0.2, 0.25) is 11.8 Å². The summed E-state index contributed by atoms with van der Waals surface area (Å²) in [4.78, 5) is 22.7. The van der Waals surface area contributed by atoms with Crippen LogP contribution in [-0.2, 0) is 9.59 Å². The number of nitrogens with one attached hydrogen (secondary N) is 2. The number of hydrogen-bond acceptors (Lipinski definition) is 4. The van der Waals surface area contributed by atoms with Crippen LogP contribution >= 0.6 is 11.8 Å². The zero-order valence-electron chi connectivity index (χ0n) is 12.3. The quantitative estimate of drug-likeness (QED) is 0.493. The van der Waals surface area contributed by atoms with Gasteiger partial charge >= 0.3 is 0 Å². The highest BCUT2D eigenvalue weighted by atomic mass is 32.2. The van der Waals surface area contributed by atoms with Crippen molar-refractivity contribution in [2.45, 2.75) is 45.6 Å². The third-order valence-corrected chi connectivity index (χ3v) is 3.93. The fraction of sp³-hybridized carbons (Fsp3) is 0.846. The van der Waals surface area contributed by atoms with Crippen molar-refractivity contribution in [1.29, 1.82) is 0 Å². The van der Waals surface area contributed by atoms with Crippen LogP contribution in [0.5, 0.6) is 0 Å². The lowest BCUT2D eigenvalue weighted by Gasteiger charge is -2.27. The minimum Gasteiger partial charge on any atom is -0.368 e. The molecule has 0 saturated carbocycles. The summed E-state index contributed by atoms with van der Waals surface area (Å²) in [6, 6.07) is 0. The van der Waals surface area contributed by atoms with E-state index >= 15 is 0 Å². The van der Waals surface area contributed by atoms with Gasteiger partial charge in [0, 0.05) is 6.54 Å². The highest BCUT2D eigenvalue weighted by molar-refractivity contribution is 7.99. The summed E-state index contributed by atoms with van der Waals surface area (Å²) < 4.78 is 0. The van der Waals surface area contributed by atoms with E-state index < -0.39 is 5.54 Å². The van der Waals surface area contributed by atoms with Gasteiger partial charge in [-0.05, 0) is 45.4 Å². The molecule has 0 aliphatic heterocycles. The summed E-state index contributed by atoms with van der Waals surface area (Å²) in [7, 11) is 0. The molecule has 0 aromatic rings. The Hall–Kier alpha value is -0.750. The number of carbonyl (C=O) groups is 2. The first-order chi connectivity index (χ1) is 8.96. The van der Waals surface area contributed by atoms with Crippen LogP contribution in [0.25, 0.3) is 0 Å². The molecule has 0 aromatic carbocycles. The molecule has 0 heterocycles. The van der Waals surface area contributed by atoms with E-state index in [1.807, 2.05) is 13.8 Å². The second-order valence-electron chi connectivity index (χ2n) is 4.73. The SMILES string of the molecule is CCCNC(C)(CCCSCC(=O)NCC)C(N)=O. The van der Waals surface area contributed by atoms with Crippen molar-refractivity contribution in [3.05, 3.63) is 0 Å². The Labute approximate surface area is 120 Å². The van der Waals surface area contributed by atoms with E-state index in [1.165, 1.54) is 0 Å². The molecule has 0 spiro atoms. The summed E-state index contributed by atoms with van der Waals surface area (Å²) in [5, 5.41) is 5.95. The van der Waals surface area contributed by atoms with Gasteiger partial charge in [0.1, 0.15) is 0 Å². The molecule has 0 bridgehead atoms. The van der Waals surface area contributed by atoms with Crippen LogP contribution in [-0.4, -0.2) is 41.9 Å². The van der Waals surface area contributed by atoms with Crippen molar-refractivity contribution in [2.24, 2.45) is 5.73 Å². The van der Waals surface area contributed by atoms with E-state index in [1.54, 1.807) is 11.8 Å². The Morgan fingerprint density at radius 3 is 2.53 bits per heavy atom. The summed E-state index contributed by atoms with van der Waals surface area (Å²) in [5.74, 6) is 1.08. The lowest BCUT2D eigenvalue weighted by molar-refractivity contribution is -0.124. The molecule has 19 heavy (non-hydrogen) atoms. The van der Waals surface area contributed by atoms with E-state index in [9.17, 15) is 9.59 Å². The van der Waals surface area contributed by atoms with Crippen LogP contribution in [0.2, 0.25) is 0 Å². The Kier molecular flexibility index (Phi) is 9.69. The minimum atomic E-state index is -0.637. The largest absolute Gasteiger partial charge is 0.368 e. The average molecular weight is 289 g/mol. The van der Waals surface area contributed by atoms with Gasteiger partial charge in [-0.1, -0.05) is 6.92 Å². The van der Waals surface area contributed by atoms with Crippen molar-refractivity contribution in [2.75, 3.05) is 24.6 Å². The van der Waals surface area contributed by atoms with Gasteiger partial charge < -0.3 is 16.4 Å². The highest BCUT2D eigenvalue weighted by Crippen LogP contribution is 2.15. The maximum atomic E-state index is 11.5. The molecule has 6 heteroatoms. The molecule has 0 aromatic heterocycles. The van der Waals surface area contributed by atoms with E-state index in [2.05, 4.69) is 17.6 Å². The predicted molar refractivity (Wildman–Crippen MR) is 81.1 cm³/mol. The van der Waals surface area contributed by atoms with Gasteiger partial charge in [0.15, 0.2) is 0 Å². The van der Waals surface area contributed by atoms with E-state index in [-0.39, 0.29) is 11.8 Å². The van der Waals surface area contributed by atoms with Gasteiger partial charge in [-0.25, -0.2) is 0 Å². The predicted octanol–water partition coefficient (Wildman–Crippen LogP) is 0.880. The molecule has 112 valence electrons. The second kappa shape index (κ2) is 10.1. The third-order valence-electron chi connectivity index (χ3n) is 2.88. The maximum absolute atomic E-state index is 11.5. The van der Waals surface area contributed by atoms with Crippen LogP contribution in [0.3, 0.4) is 0 Å². The zero-order chi connectivity index (χ0) is 14.7. The Balaban J connectivity index is 3.88. The average Bonchev–Trinajstić information content (AvgIpc) is 2.36. The fourth-order valence-corrected chi connectivity index (χ4v) is 2.42. The molecule has 2 amide bonds. The van der Waals surface area contributed by atoms with Gasteiger partial charge in [-0.2, -0.15) is 11.8 Å². The first-order valence-electron chi connectivity index (χ1n) is 6.85. The number of amides is 2. The van der Waals surface area contributed by atoms with Crippen molar-refractivity contribution >= 4 is 23.6 Å². The van der Waals surface area contributed by atoms with Gasteiger partial charge in [0.05, 0.1) is 11.3 Å². The van der Waals surface area contributed by atoms with Crippen molar-refractivity contribution in [3.8, 4) is 0 Å². The normalized spacial score (nSPS) is 13.8.